The Balaban J connectivity index is 1.80. The number of carbonyl (C=O) groups excluding carboxylic acids is 1. The minimum atomic E-state index is -0.402. The topological polar surface area (TPSA) is 29.5 Å². The van der Waals surface area contributed by atoms with Crippen LogP contribution in [0.3, 0.4) is 0 Å². The van der Waals surface area contributed by atoms with E-state index in [0.717, 1.165) is 38.8 Å². The van der Waals surface area contributed by atoms with Crippen LogP contribution < -0.4 is 0 Å². The highest BCUT2D eigenvalue weighted by atomic mass is 16.6. The Labute approximate surface area is 110 Å². The molecule has 0 unspecified atom stereocenters. The number of amides is 1. The van der Waals surface area contributed by atoms with Crippen LogP contribution in [-0.4, -0.2) is 29.7 Å². The smallest absolute Gasteiger partial charge is 0.410 e. The van der Waals surface area contributed by atoms with Gasteiger partial charge in [0.15, 0.2) is 0 Å². The molecule has 0 bridgehead atoms. The van der Waals surface area contributed by atoms with E-state index in [1.54, 1.807) is 0 Å². The van der Waals surface area contributed by atoms with E-state index in [-0.39, 0.29) is 6.09 Å². The zero-order valence-electron chi connectivity index (χ0n) is 11.7. The van der Waals surface area contributed by atoms with Gasteiger partial charge in [0.2, 0.25) is 0 Å². The van der Waals surface area contributed by atoms with E-state index in [2.05, 4.69) is 5.92 Å². The summed E-state index contributed by atoms with van der Waals surface area (Å²) >= 11 is 0. The second-order valence-electron chi connectivity index (χ2n) is 6.78. The van der Waals surface area contributed by atoms with Crippen LogP contribution >= 0.6 is 0 Å². The fourth-order valence-electron chi connectivity index (χ4n) is 2.93. The first-order chi connectivity index (χ1) is 8.34. The Morgan fingerprint density at radius 3 is 2.33 bits per heavy atom. The number of hydrogen-bond acceptors (Lipinski definition) is 2. The summed E-state index contributed by atoms with van der Waals surface area (Å²) in [5, 5.41) is 0. The second-order valence-corrected chi connectivity index (χ2v) is 6.78. The Kier molecular flexibility index (Phi) is 3.31. The van der Waals surface area contributed by atoms with Crippen molar-refractivity contribution in [3.63, 3.8) is 0 Å². The van der Waals surface area contributed by atoms with Gasteiger partial charge in [-0.25, -0.2) is 4.79 Å². The van der Waals surface area contributed by atoms with Crippen LogP contribution in [0.1, 0.15) is 46.5 Å². The molecule has 1 saturated heterocycles. The van der Waals surface area contributed by atoms with Crippen LogP contribution in [0.5, 0.6) is 0 Å². The third-order valence-electron chi connectivity index (χ3n) is 3.99. The van der Waals surface area contributed by atoms with Gasteiger partial charge in [0.05, 0.1) is 0 Å². The molecular formula is C15H23NO2. The quantitative estimate of drug-likeness (QED) is 0.618. The molecule has 1 aliphatic heterocycles. The summed E-state index contributed by atoms with van der Waals surface area (Å²) in [5.41, 5.74) is -0.0643. The first-order valence-corrected chi connectivity index (χ1v) is 6.78. The predicted molar refractivity (Wildman–Crippen MR) is 71.0 cm³/mol. The van der Waals surface area contributed by atoms with Gasteiger partial charge in [0.25, 0.3) is 0 Å². The summed E-state index contributed by atoms with van der Waals surface area (Å²) in [6.45, 7) is 7.40. The molecule has 1 aliphatic carbocycles. The Morgan fingerprint density at radius 2 is 1.89 bits per heavy atom. The SMILES string of the molecule is C#CC1CCC2(CC1)CN(C(=O)OC(C)(C)C)C2. The molecule has 3 heteroatoms. The average molecular weight is 249 g/mol. The highest BCUT2D eigenvalue weighted by Gasteiger charge is 2.47. The van der Waals surface area contributed by atoms with Crippen molar-refractivity contribution < 1.29 is 9.53 Å². The molecule has 1 amide bonds. The fourth-order valence-corrected chi connectivity index (χ4v) is 2.93. The van der Waals surface area contributed by atoms with Gasteiger partial charge in [-0.1, -0.05) is 0 Å². The van der Waals surface area contributed by atoms with E-state index >= 15 is 0 Å². The first kappa shape index (κ1) is 13.3. The van der Waals surface area contributed by atoms with Crippen LogP contribution in [0.15, 0.2) is 0 Å². The number of hydrogen-bond donors (Lipinski definition) is 0. The van der Waals surface area contributed by atoms with Crippen LogP contribution in [-0.2, 0) is 4.74 Å². The molecule has 1 heterocycles. The summed E-state index contributed by atoms with van der Waals surface area (Å²) in [7, 11) is 0. The van der Waals surface area contributed by atoms with E-state index in [9.17, 15) is 4.79 Å². The van der Waals surface area contributed by atoms with Gasteiger partial charge in [-0.15, -0.1) is 12.3 Å². The standard InChI is InChI=1S/C15H23NO2/c1-5-12-6-8-15(9-7-12)10-16(11-15)13(17)18-14(2,3)4/h1,12H,6-11H2,2-4H3. The molecule has 0 aromatic carbocycles. The lowest BCUT2D eigenvalue weighted by Gasteiger charge is -2.52. The number of terminal acetylenes is 1. The van der Waals surface area contributed by atoms with Gasteiger partial charge in [-0.3, -0.25) is 0 Å². The maximum Gasteiger partial charge on any atom is 0.410 e. The zero-order valence-corrected chi connectivity index (χ0v) is 11.7. The highest BCUT2D eigenvalue weighted by molar-refractivity contribution is 5.69. The van der Waals surface area contributed by atoms with E-state index in [0.29, 0.717) is 11.3 Å². The fraction of sp³-hybridized carbons (Fsp3) is 0.800. The van der Waals surface area contributed by atoms with Gasteiger partial charge in [-0.2, -0.15) is 0 Å². The van der Waals surface area contributed by atoms with E-state index in [1.165, 1.54) is 0 Å². The first-order valence-electron chi connectivity index (χ1n) is 6.78. The third kappa shape index (κ3) is 2.80. The number of carbonyl (C=O) groups is 1. The van der Waals surface area contributed by atoms with Crippen LogP contribution in [0.2, 0.25) is 0 Å². The normalized spacial score (nSPS) is 23.3. The van der Waals surface area contributed by atoms with Crippen LogP contribution in [0.4, 0.5) is 4.79 Å². The minimum Gasteiger partial charge on any atom is -0.444 e. The van der Waals surface area contributed by atoms with Crippen molar-refractivity contribution in [2.75, 3.05) is 13.1 Å². The second kappa shape index (κ2) is 4.50. The Bertz CT molecular complexity index is 359. The molecule has 100 valence electrons. The maximum absolute atomic E-state index is 11.9. The molecule has 2 rings (SSSR count). The van der Waals surface area contributed by atoms with Crippen LogP contribution in [0, 0.1) is 23.7 Å². The Morgan fingerprint density at radius 1 is 1.33 bits per heavy atom. The summed E-state index contributed by atoms with van der Waals surface area (Å²) in [6.07, 6.45) is 9.82. The monoisotopic (exact) mass is 249 g/mol. The Hall–Kier alpha value is -1.17. The lowest BCUT2D eigenvalue weighted by molar-refractivity contribution is -0.0516. The molecule has 0 atom stereocenters. The van der Waals surface area contributed by atoms with E-state index < -0.39 is 5.60 Å². The van der Waals surface area contributed by atoms with Gasteiger partial charge >= 0.3 is 6.09 Å². The molecule has 0 aromatic rings. The number of rotatable bonds is 0. The summed E-state index contributed by atoms with van der Waals surface area (Å²) < 4.78 is 5.37. The lowest BCUT2D eigenvalue weighted by atomic mass is 9.66. The van der Waals surface area contributed by atoms with Crippen molar-refractivity contribution in [1.82, 2.24) is 4.90 Å². The van der Waals surface area contributed by atoms with Crippen molar-refractivity contribution in [1.29, 1.82) is 0 Å². The van der Waals surface area contributed by atoms with E-state index in [4.69, 9.17) is 11.2 Å². The third-order valence-corrected chi connectivity index (χ3v) is 3.99. The number of nitrogens with zero attached hydrogens (tertiary/aromatic N) is 1. The number of ether oxygens (including phenoxy) is 1. The summed E-state index contributed by atoms with van der Waals surface area (Å²) in [4.78, 5) is 13.7. The van der Waals surface area contributed by atoms with Crippen LogP contribution in [0.25, 0.3) is 0 Å². The molecule has 0 radical (unpaired) electrons. The molecule has 2 aliphatic rings. The van der Waals surface area contributed by atoms with E-state index in [1.807, 2.05) is 25.7 Å². The van der Waals surface area contributed by atoms with Gasteiger partial charge in [-0.05, 0) is 46.5 Å². The molecule has 2 fully saturated rings. The lowest BCUT2D eigenvalue weighted by Crippen LogP contribution is -2.60. The van der Waals surface area contributed by atoms with Crippen molar-refractivity contribution >= 4 is 6.09 Å². The van der Waals surface area contributed by atoms with Gasteiger partial charge in [0.1, 0.15) is 5.60 Å². The predicted octanol–water partition coefficient (Wildman–Crippen LogP) is 3.05. The van der Waals surface area contributed by atoms with Gasteiger partial charge in [0, 0.05) is 24.4 Å². The summed E-state index contributed by atoms with van der Waals surface area (Å²) in [6, 6.07) is 0. The molecule has 1 spiro atoms. The molecule has 3 nitrogen and oxygen atoms in total. The molecule has 1 saturated carbocycles. The van der Waals surface area contributed by atoms with Crippen molar-refractivity contribution in [3.05, 3.63) is 0 Å². The largest absolute Gasteiger partial charge is 0.444 e. The van der Waals surface area contributed by atoms with Crippen molar-refractivity contribution in [2.24, 2.45) is 11.3 Å². The minimum absolute atomic E-state index is 0.174. The molecular weight excluding hydrogens is 226 g/mol. The van der Waals surface area contributed by atoms with Gasteiger partial charge < -0.3 is 9.64 Å². The van der Waals surface area contributed by atoms with Crippen molar-refractivity contribution in [3.8, 4) is 12.3 Å². The molecule has 0 aromatic heterocycles. The number of likely N-dealkylation sites (tertiary alicyclic amines) is 1. The van der Waals surface area contributed by atoms with Crippen molar-refractivity contribution in [2.45, 2.75) is 52.1 Å². The average Bonchev–Trinajstić information content (AvgIpc) is 2.23. The molecule has 0 N–H and O–H groups in total. The zero-order chi connectivity index (χ0) is 13.4. The highest BCUT2D eigenvalue weighted by Crippen LogP contribution is 2.45. The molecule has 18 heavy (non-hydrogen) atoms. The summed E-state index contributed by atoms with van der Waals surface area (Å²) in [5.74, 6) is 3.30. The maximum atomic E-state index is 11.9.